The average Bonchev–Trinajstić information content (AvgIpc) is 2.75. The summed E-state index contributed by atoms with van der Waals surface area (Å²) in [6, 6.07) is 10.4. The maximum absolute atomic E-state index is 13.0. The minimum atomic E-state index is -3.77. The first kappa shape index (κ1) is 21.8. The van der Waals surface area contributed by atoms with Gasteiger partial charge in [0.25, 0.3) is 0 Å². The van der Waals surface area contributed by atoms with Gasteiger partial charge in [0, 0.05) is 24.7 Å². The predicted molar refractivity (Wildman–Crippen MR) is 108 cm³/mol. The number of rotatable bonds is 5. The fourth-order valence-electron chi connectivity index (χ4n) is 3.25. The molecule has 160 valence electrons. The van der Waals surface area contributed by atoms with Crippen LogP contribution in [-0.2, 0) is 19.4 Å². The molecule has 0 radical (unpaired) electrons. The van der Waals surface area contributed by atoms with Gasteiger partial charge in [-0.2, -0.15) is 0 Å². The van der Waals surface area contributed by atoms with Gasteiger partial charge in [-0.25, -0.2) is 17.6 Å². The first-order chi connectivity index (χ1) is 14.3. The van der Waals surface area contributed by atoms with E-state index in [1.54, 1.807) is 11.8 Å². The highest BCUT2D eigenvalue weighted by Gasteiger charge is 2.28. The molecule has 0 saturated carbocycles. The lowest BCUT2D eigenvalue weighted by molar-refractivity contribution is -0.121. The molecule has 1 N–H and O–H groups in total. The number of benzene rings is 2. The number of piperidine rings is 1. The van der Waals surface area contributed by atoms with Crippen LogP contribution >= 0.6 is 0 Å². The molecule has 0 aromatic heterocycles. The van der Waals surface area contributed by atoms with E-state index in [9.17, 15) is 22.4 Å². The third-order valence-corrected chi connectivity index (χ3v) is 6.73. The number of sulfone groups is 1. The van der Waals surface area contributed by atoms with Crippen molar-refractivity contribution in [3.63, 3.8) is 0 Å². The van der Waals surface area contributed by atoms with Crippen molar-refractivity contribution in [1.29, 1.82) is 0 Å². The van der Waals surface area contributed by atoms with Crippen LogP contribution in [0.4, 0.5) is 14.9 Å². The number of carbonyl (C=O) groups is 2. The summed E-state index contributed by atoms with van der Waals surface area (Å²) in [4.78, 5) is 25.9. The smallest absolute Gasteiger partial charge is 0.409 e. The van der Waals surface area contributed by atoms with Crippen LogP contribution < -0.4 is 5.32 Å². The Morgan fingerprint density at radius 3 is 2.10 bits per heavy atom. The molecule has 0 atom stereocenters. The van der Waals surface area contributed by atoms with Crippen LogP contribution in [0.25, 0.3) is 0 Å². The van der Waals surface area contributed by atoms with Gasteiger partial charge in [0.05, 0.1) is 16.4 Å². The van der Waals surface area contributed by atoms with Crippen molar-refractivity contribution < 1.29 is 27.1 Å². The van der Waals surface area contributed by atoms with Gasteiger partial charge >= 0.3 is 6.09 Å². The lowest BCUT2D eigenvalue weighted by atomic mass is 9.96. The molecular formula is C21H23FN2O5S. The second-order valence-corrected chi connectivity index (χ2v) is 8.88. The number of anilines is 1. The summed E-state index contributed by atoms with van der Waals surface area (Å²) in [5.41, 5.74) is 0.478. The molecule has 2 amide bonds. The molecule has 1 saturated heterocycles. The van der Waals surface area contributed by atoms with Crippen molar-refractivity contribution in [1.82, 2.24) is 4.90 Å². The molecular weight excluding hydrogens is 411 g/mol. The maximum Gasteiger partial charge on any atom is 0.409 e. The summed E-state index contributed by atoms with van der Waals surface area (Å²) in [6.45, 7) is 2.96. The Balaban J connectivity index is 1.60. The predicted octanol–water partition coefficient (Wildman–Crippen LogP) is 3.47. The fourth-order valence-corrected chi connectivity index (χ4v) is 4.51. The Kier molecular flexibility index (Phi) is 6.71. The molecule has 2 aromatic carbocycles. The molecule has 0 bridgehead atoms. The Hall–Kier alpha value is -2.94. The first-order valence-corrected chi connectivity index (χ1v) is 11.1. The lowest BCUT2D eigenvalue weighted by Crippen LogP contribution is -2.41. The highest BCUT2D eigenvalue weighted by atomic mass is 32.2. The number of likely N-dealkylation sites (tertiary alicyclic amines) is 1. The van der Waals surface area contributed by atoms with Crippen LogP contribution in [0.2, 0.25) is 0 Å². The minimum absolute atomic E-state index is 0.00551. The number of nitrogens with zero attached hydrogens (tertiary/aromatic N) is 1. The van der Waals surface area contributed by atoms with E-state index in [4.69, 9.17) is 4.74 Å². The molecule has 9 heteroatoms. The largest absolute Gasteiger partial charge is 0.450 e. The van der Waals surface area contributed by atoms with E-state index in [0.29, 0.717) is 38.2 Å². The molecule has 0 spiro atoms. The summed E-state index contributed by atoms with van der Waals surface area (Å²) >= 11 is 0. The SMILES string of the molecule is CCOC(=O)N1CCC(C(=O)Nc2ccc(S(=O)(=O)c3ccc(F)cc3)cc2)CC1. The zero-order valence-electron chi connectivity index (χ0n) is 16.5. The van der Waals surface area contributed by atoms with Crippen molar-refractivity contribution >= 4 is 27.5 Å². The van der Waals surface area contributed by atoms with Crippen molar-refractivity contribution in [2.24, 2.45) is 5.92 Å². The number of nitrogens with one attached hydrogen (secondary N) is 1. The number of halogens is 1. The second-order valence-electron chi connectivity index (χ2n) is 6.93. The number of hydrogen-bond donors (Lipinski definition) is 1. The third-order valence-electron chi connectivity index (χ3n) is 4.95. The minimum Gasteiger partial charge on any atom is -0.450 e. The summed E-state index contributed by atoms with van der Waals surface area (Å²) < 4.78 is 43.2. The van der Waals surface area contributed by atoms with Crippen LogP contribution in [0.15, 0.2) is 58.3 Å². The Bertz CT molecular complexity index is 999. The number of hydrogen-bond acceptors (Lipinski definition) is 5. The highest BCUT2D eigenvalue weighted by molar-refractivity contribution is 7.91. The van der Waals surface area contributed by atoms with Gasteiger partial charge in [-0.15, -0.1) is 0 Å². The quantitative estimate of drug-likeness (QED) is 0.728. The molecule has 1 fully saturated rings. The molecule has 1 aliphatic heterocycles. The molecule has 1 heterocycles. The van der Waals surface area contributed by atoms with Gasteiger partial charge in [0.1, 0.15) is 5.82 Å². The van der Waals surface area contributed by atoms with Crippen molar-refractivity contribution in [2.75, 3.05) is 25.0 Å². The maximum atomic E-state index is 13.0. The van der Waals surface area contributed by atoms with Gasteiger partial charge in [0.15, 0.2) is 0 Å². The van der Waals surface area contributed by atoms with Crippen LogP contribution in [-0.4, -0.2) is 45.0 Å². The van der Waals surface area contributed by atoms with E-state index >= 15 is 0 Å². The van der Waals surface area contributed by atoms with Crippen LogP contribution in [0.5, 0.6) is 0 Å². The van der Waals surface area contributed by atoms with E-state index in [1.807, 2.05) is 0 Å². The summed E-state index contributed by atoms with van der Waals surface area (Å²) in [7, 11) is -3.77. The van der Waals surface area contributed by atoms with Crippen LogP contribution in [0, 0.1) is 11.7 Å². The van der Waals surface area contributed by atoms with Crippen LogP contribution in [0.3, 0.4) is 0 Å². The number of amides is 2. The number of ether oxygens (including phenoxy) is 1. The number of carbonyl (C=O) groups excluding carboxylic acids is 2. The molecule has 30 heavy (non-hydrogen) atoms. The monoisotopic (exact) mass is 434 g/mol. The summed E-state index contributed by atoms with van der Waals surface area (Å²) in [6.07, 6.45) is 0.693. The van der Waals surface area contributed by atoms with Gasteiger partial charge < -0.3 is 15.0 Å². The third kappa shape index (κ3) is 4.96. The molecule has 7 nitrogen and oxygen atoms in total. The van der Waals surface area contributed by atoms with Gasteiger partial charge in [-0.1, -0.05) is 0 Å². The van der Waals surface area contributed by atoms with E-state index in [1.165, 1.54) is 36.4 Å². The molecule has 2 aromatic rings. The fraction of sp³-hybridized carbons (Fsp3) is 0.333. The van der Waals surface area contributed by atoms with E-state index in [0.717, 1.165) is 12.1 Å². The molecule has 1 aliphatic rings. The van der Waals surface area contributed by atoms with Crippen molar-refractivity contribution in [2.45, 2.75) is 29.6 Å². The van der Waals surface area contributed by atoms with E-state index < -0.39 is 15.7 Å². The zero-order valence-corrected chi connectivity index (χ0v) is 17.3. The lowest BCUT2D eigenvalue weighted by Gasteiger charge is -2.30. The van der Waals surface area contributed by atoms with E-state index in [2.05, 4.69) is 5.32 Å². The normalized spacial score (nSPS) is 14.9. The standard InChI is InChI=1S/C21H23FN2O5S/c1-2-29-21(26)24-13-11-15(12-14-24)20(25)23-17-5-9-19(10-6-17)30(27,28)18-7-3-16(22)4-8-18/h3-10,15H,2,11-14H2,1H3,(H,23,25). The van der Waals surface area contributed by atoms with Crippen molar-refractivity contribution in [3.8, 4) is 0 Å². The molecule has 3 rings (SSSR count). The Morgan fingerprint density at radius 2 is 1.57 bits per heavy atom. The first-order valence-electron chi connectivity index (χ1n) is 9.64. The van der Waals surface area contributed by atoms with E-state index in [-0.39, 0.29) is 27.7 Å². The summed E-state index contributed by atoms with van der Waals surface area (Å²) in [5.74, 6) is -0.925. The summed E-state index contributed by atoms with van der Waals surface area (Å²) in [5, 5.41) is 2.79. The highest BCUT2D eigenvalue weighted by Crippen LogP contribution is 2.24. The second kappa shape index (κ2) is 9.25. The Labute approximate surface area is 174 Å². The molecule has 0 aliphatic carbocycles. The average molecular weight is 434 g/mol. The van der Waals surface area contributed by atoms with Gasteiger partial charge in [-0.05, 0) is 68.3 Å². The topological polar surface area (TPSA) is 92.8 Å². The van der Waals surface area contributed by atoms with Crippen molar-refractivity contribution in [3.05, 3.63) is 54.3 Å². The van der Waals surface area contributed by atoms with Gasteiger partial charge in [0.2, 0.25) is 15.7 Å². The molecule has 0 unspecified atom stereocenters. The van der Waals surface area contributed by atoms with Gasteiger partial charge in [-0.3, -0.25) is 4.79 Å². The Morgan fingerprint density at radius 1 is 1.03 bits per heavy atom. The van der Waals surface area contributed by atoms with Crippen LogP contribution in [0.1, 0.15) is 19.8 Å². The zero-order chi connectivity index (χ0) is 21.7.